The van der Waals surface area contributed by atoms with Gasteiger partial charge in [0.15, 0.2) is 5.84 Å². The summed E-state index contributed by atoms with van der Waals surface area (Å²) in [6.45, 7) is 4.79. The lowest BCUT2D eigenvalue weighted by Gasteiger charge is -2.25. The SMILES string of the molecule is CC1CC(C)N(c2ccc(/C(N)=N/O)c(C(F)(F)F)c2)C1. The van der Waals surface area contributed by atoms with Crippen LogP contribution in [0.1, 0.15) is 31.4 Å². The molecule has 0 bridgehead atoms. The van der Waals surface area contributed by atoms with Crippen molar-refractivity contribution in [1.29, 1.82) is 0 Å². The quantitative estimate of drug-likeness (QED) is 0.382. The predicted octanol–water partition coefficient (Wildman–Crippen LogP) is 3.03. The highest BCUT2D eigenvalue weighted by molar-refractivity contribution is 5.99. The maximum absolute atomic E-state index is 13.2. The number of halogens is 3. The Balaban J connectivity index is 2.48. The molecule has 1 aliphatic heterocycles. The maximum atomic E-state index is 13.2. The van der Waals surface area contributed by atoms with Crippen molar-refractivity contribution in [3.63, 3.8) is 0 Å². The molecule has 21 heavy (non-hydrogen) atoms. The van der Waals surface area contributed by atoms with Crippen LogP contribution in [0.3, 0.4) is 0 Å². The number of oxime groups is 1. The molecule has 1 aliphatic rings. The van der Waals surface area contributed by atoms with Gasteiger partial charge in [0.05, 0.1) is 5.56 Å². The number of rotatable bonds is 2. The number of benzene rings is 1. The molecule has 1 aromatic rings. The number of nitrogens with zero attached hydrogens (tertiary/aromatic N) is 2. The van der Waals surface area contributed by atoms with E-state index < -0.39 is 17.6 Å². The zero-order valence-electron chi connectivity index (χ0n) is 11.9. The molecule has 1 aromatic carbocycles. The van der Waals surface area contributed by atoms with E-state index in [1.807, 2.05) is 11.8 Å². The molecule has 0 aromatic heterocycles. The minimum absolute atomic E-state index is 0.191. The Morgan fingerprint density at radius 1 is 1.38 bits per heavy atom. The second-order valence-electron chi connectivity index (χ2n) is 5.56. The molecule has 3 N–H and O–H groups in total. The van der Waals surface area contributed by atoms with Gasteiger partial charge >= 0.3 is 6.18 Å². The lowest BCUT2D eigenvalue weighted by atomic mass is 10.0. The number of anilines is 1. The fourth-order valence-corrected chi connectivity index (χ4v) is 2.88. The van der Waals surface area contributed by atoms with E-state index in [0.29, 0.717) is 11.6 Å². The van der Waals surface area contributed by atoms with E-state index in [9.17, 15) is 13.2 Å². The second kappa shape index (κ2) is 5.46. The first-order valence-corrected chi connectivity index (χ1v) is 6.69. The van der Waals surface area contributed by atoms with Crippen LogP contribution in [0.15, 0.2) is 23.4 Å². The highest BCUT2D eigenvalue weighted by Gasteiger charge is 2.36. The highest BCUT2D eigenvalue weighted by Crippen LogP contribution is 2.36. The zero-order chi connectivity index (χ0) is 15.8. The Bertz CT molecular complexity index is 557. The van der Waals surface area contributed by atoms with Crippen LogP contribution in [-0.2, 0) is 6.18 Å². The van der Waals surface area contributed by atoms with Crippen molar-refractivity contribution >= 4 is 11.5 Å². The van der Waals surface area contributed by atoms with Crippen LogP contribution in [0.25, 0.3) is 0 Å². The summed E-state index contributed by atoms with van der Waals surface area (Å²) < 4.78 is 39.5. The Labute approximate surface area is 121 Å². The Morgan fingerprint density at radius 2 is 2.05 bits per heavy atom. The molecule has 0 spiro atoms. The van der Waals surface area contributed by atoms with Crippen molar-refractivity contribution in [2.75, 3.05) is 11.4 Å². The van der Waals surface area contributed by atoms with Gasteiger partial charge in [-0.3, -0.25) is 0 Å². The standard InChI is InChI=1S/C14H18F3N3O/c1-8-5-9(2)20(7-8)10-3-4-11(13(18)19-21)12(6-10)14(15,16)17/h3-4,6,8-9,21H,5,7H2,1-2H3,(H2,18,19). The van der Waals surface area contributed by atoms with Gasteiger partial charge in [0.1, 0.15) is 0 Å². The summed E-state index contributed by atoms with van der Waals surface area (Å²) in [5.74, 6) is -0.102. The predicted molar refractivity (Wildman–Crippen MR) is 74.5 cm³/mol. The Hall–Kier alpha value is -1.92. The van der Waals surface area contributed by atoms with E-state index in [-0.39, 0.29) is 11.6 Å². The maximum Gasteiger partial charge on any atom is 0.417 e. The number of amidine groups is 1. The Morgan fingerprint density at radius 3 is 2.52 bits per heavy atom. The van der Waals surface area contributed by atoms with Gasteiger partial charge < -0.3 is 15.8 Å². The monoisotopic (exact) mass is 301 g/mol. The minimum atomic E-state index is -4.56. The molecule has 0 amide bonds. The van der Waals surface area contributed by atoms with Gasteiger partial charge in [-0.2, -0.15) is 13.2 Å². The summed E-state index contributed by atoms with van der Waals surface area (Å²) >= 11 is 0. The van der Waals surface area contributed by atoms with Crippen LogP contribution in [0.4, 0.5) is 18.9 Å². The van der Waals surface area contributed by atoms with E-state index in [4.69, 9.17) is 10.9 Å². The van der Waals surface area contributed by atoms with Crippen molar-refractivity contribution in [3.8, 4) is 0 Å². The molecular formula is C14H18F3N3O. The van der Waals surface area contributed by atoms with Crippen molar-refractivity contribution in [1.82, 2.24) is 0 Å². The third-order valence-corrected chi connectivity index (χ3v) is 3.81. The summed E-state index contributed by atoms with van der Waals surface area (Å²) in [7, 11) is 0. The summed E-state index contributed by atoms with van der Waals surface area (Å²) in [5.41, 5.74) is 4.64. The molecule has 0 aliphatic carbocycles. The first-order chi connectivity index (χ1) is 9.74. The van der Waals surface area contributed by atoms with Crippen molar-refractivity contribution in [2.45, 2.75) is 32.5 Å². The van der Waals surface area contributed by atoms with Crippen LogP contribution in [-0.4, -0.2) is 23.6 Å². The van der Waals surface area contributed by atoms with Gasteiger partial charge in [0.25, 0.3) is 0 Å². The van der Waals surface area contributed by atoms with Gasteiger partial charge in [0, 0.05) is 23.8 Å². The van der Waals surface area contributed by atoms with E-state index in [0.717, 1.165) is 19.0 Å². The molecule has 7 heteroatoms. The summed E-state index contributed by atoms with van der Waals surface area (Å²) in [5, 5.41) is 11.3. The molecule has 2 rings (SSSR count). The van der Waals surface area contributed by atoms with Gasteiger partial charge in [-0.05, 0) is 37.5 Å². The van der Waals surface area contributed by atoms with Crippen molar-refractivity contribution in [3.05, 3.63) is 29.3 Å². The molecule has 116 valence electrons. The average molecular weight is 301 g/mol. The lowest BCUT2D eigenvalue weighted by Crippen LogP contribution is -2.28. The first kappa shape index (κ1) is 15.5. The second-order valence-corrected chi connectivity index (χ2v) is 5.56. The molecule has 4 nitrogen and oxygen atoms in total. The molecule has 1 fully saturated rings. The van der Waals surface area contributed by atoms with Crippen LogP contribution >= 0.6 is 0 Å². The number of hydrogen-bond acceptors (Lipinski definition) is 3. The number of hydrogen-bond donors (Lipinski definition) is 2. The smallest absolute Gasteiger partial charge is 0.409 e. The van der Waals surface area contributed by atoms with Gasteiger partial charge in [-0.25, -0.2) is 0 Å². The van der Waals surface area contributed by atoms with Crippen LogP contribution < -0.4 is 10.6 Å². The third-order valence-electron chi connectivity index (χ3n) is 3.81. The van der Waals surface area contributed by atoms with Crippen LogP contribution in [0.5, 0.6) is 0 Å². The molecule has 0 saturated carbocycles. The number of nitrogens with two attached hydrogens (primary N) is 1. The average Bonchev–Trinajstić information content (AvgIpc) is 2.75. The van der Waals surface area contributed by atoms with Crippen LogP contribution in [0, 0.1) is 5.92 Å². The lowest BCUT2D eigenvalue weighted by molar-refractivity contribution is -0.137. The topological polar surface area (TPSA) is 61.8 Å². The van der Waals surface area contributed by atoms with Crippen molar-refractivity contribution < 1.29 is 18.4 Å². The van der Waals surface area contributed by atoms with Crippen LogP contribution in [0.2, 0.25) is 0 Å². The molecule has 0 radical (unpaired) electrons. The largest absolute Gasteiger partial charge is 0.417 e. The van der Waals surface area contributed by atoms with Gasteiger partial charge in [-0.1, -0.05) is 12.1 Å². The van der Waals surface area contributed by atoms with E-state index in [1.165, 1.54) is 6.07 Å². The third kappa shape index (κ3) is 3.06. The molecule has 1 saturated heterocycles. The van der Waals surface area contributed by atoms with Gasteiger partial charge in [-0.15, -0.1) is 0 Å². The normalized spacial score (nSPS) is 23.7. The highest BCUT2D eigenvalue weighted by atomic mass is 19.4. The zero-order valence-corrected chi connectivity index (χ0v) is 11.9. The summed E-state index contributed by atoms with van der Waals surface area (Å²) in [6, 6.07) is 4.10. The van der Waals surface area contributed by atoms with E-state index in [1.54, 1.807) is 6.07 Å². The van der Waals surface area contributed by atoms with E-state index >= 15 is 0 Å². The first-order valence-electron chi connectivity index (χ1n) is 6.69. The molecule has 1 heterocycles. The Kier molecular flexibility index (Phi) is 4.02. The summed E-state index contributed by atoms with van der Waals surface area (Å²) in [4.78, 5) is 1.95. The summed E-state index contributed by atoms with van der Waals surface area (Å²) in [6.07, 6.45) is -3.61. The minimum Gasteiger partial charge on any atom is -0.409 e. The molecule has 2 atom stereocenters. The van der Waals surface area contributed by atoms with Crippen molar-refractivity contribution in [2.24, 2.45) is 16.8 Å². The fraction of sp³-hybridized carbons (Fsp3) is 0.500. The molecule has 2 unspecified atom stereocenters. The van der Waals surface area contributed by atoms with E-state index in [2.05, 4.69) is 12.1 Å². The van der Waals surface area contributed by atoms with Gasteiger partial charge in [0.2, 0.25) is 0 Å². The number of alkyl halides is 3. The molecular weight excluding hydrogens is 283 g/mol. The fourth-order valence-electron chi connectivity index (χ4n) is 2.88.